The van der Waals surface area contributed by atoms with Gasteiger partial charge in [-0.3, -0.25) is 4.79 Å². The number of benzene rings is 1. The van der Waals surface area contributed by atoms with E-state index in [2.05, 4.69) is 17.4 Å². The highest BCUT2D eigenvalue weighted by Gasteiger charge is 1.99. The minimum Gasteiger partial charge on any atom is -0.352 e. The van der Waals surface area contributed by atoms with Gasteiger partial charge in [-0.2, -0.15) is 0 Å². The second kappa shape index (κ2) is 8.44. The second-order valence-corrected chi connectivity index (χ2v) is 4.04. The van der Waals surface area contributed by atoms with Crippen LogP contribution in [0.2, 0.25) is 0 Å². The highest BCUT2D eigenvalue weighted by Crippen LogP contribution is 2.14. The standard InChI is InChI=1S/C11H16N2OS.ClH/c1-15-10-4-2-9(3-5-10)8-13-11(14)6-7-12;/h2-5H,6-8,12H2,1H3,(H,13,14);1H. The van der Waals surface area contributed by atoms with Gasteiger partial charge >= 0.3 is 0 Å². The number of halogens is 1. The fraction of sp³-hybridized carbons (Fsp3) is 0.364. The van der Waals surface area contributed by atoms with Crippen LogP contribution >= 0.6 is 24.2 Å². The Morgan fingerprint density at radius 2 is 2.00 bits per heavy atom. The van der Waals surface area contributed by atoms with E-state index in [0.717, 1.165) is 5.56 Å². The van der Waals surface area contributed by atoms with E-state index < -0.39 is 0 Å². The highest BCUT2D eigenvalue weighted by molar-refractivity contribution is 7.98. The Morgan fingerprint density at radius 3 is 2.50 bits per heavy atom. The van der Waals surface area contributed by atoms with Gasteiger partial charge in [0.2, 0.25) is 5.91 Å². The first-order valence-corrected chi connectivity index (χ1v) is 6.08. The number of hydrogen-bond acceptors (Lipinski definition) is 3. The van der Waals surface area contributed by atoms with Crippen molar-refractivity contribution in [2.75, 3.05) is 12.8 Å². The Labute approximate surface area is 107 Å². The first-order chi connectivity index (χ1) is 7.26. The summed E-state index contributed by atoms with van der Waals surface area (Å²) in [5.41, 5.74) is 6.38. The van der Waals surface area contributed by atoms with Crippen molar-refractivity contribution in [3.8, 4) is 0 Å². The van der Waals surface area contributed by atoms with Crippen LogP contribution in [0.5, 0.6) is 0 Å². The zero-order valence-corrected chi connectivity index (χ0v) is 10.9. The molecule has 0 fully saturated rings. The first kappa shape index (κ1) is 15.3. The average molecular weight is 261 g/mol. The lowest BCUT2D eigenvalue weighted by molar-refractivity contribution is -0.121. The lowest BCUT2D eigenvalue weighted by Gasteiger charge is -2.04. The molecular formula is C11H17ClN2OS. The van der Waals surface area contributed by atoms with Gasteiger partial charge in [-0.25, -0.2) is 0 Å². The van der Waals surface area contributed by atoms with Crippen LogP contribution in [-0.2, 0) is 11.3 Å². The molecule has 0 aliphatic rings. The number of thioether (sulfide) groups is 1. The van der Waals surface area contributed by atoms with Crippen molar-refractivity contribution in [1.82, 2.24) is 5.32 Å². The van der Waals surface area contributed by atoms with Gasteiger partial charge in [0.15, 0.2) is 0 Å². The molecule has 16 heavy (non-hydrogen) atoms. The molecule has 90 valence electrons. The van der Waals surface area contributed by atoms with Crippen molar-refractivity contribution < 1.29 is 4.79 Å². The van der Waals surface area contributed by atoms with Crippen molar-refractivity contribution in [1.29, 1.82) is 0 Å². The molecule has 0 saturated heterocycles. The molecule has 3 N–H and O–H groups in total. The molecule has 0 spiro atoms. The van der Waals surface area contributed by atoms with E-state index in [1.165, 1.54) is 4.90 Å². The number of hydrogen-bond donors (Lipinski definition) is 2. The third-order valence-corrected chi connectivity index (χ3v) is 2.76. The molecule has 1 rings (SSSR count). The minimum atomic E-state index is 0. The molecule has 0 heterocycles. The number of amides is 1. The number of rotatable bonds is 5. The van der Waals surface area contributed by atoms with E-state index in [1.54, 1.807) is 11.8 Å². The molecule has 1 aromatic rings. The summed E-state index contributed by atoms with van der Waals surface area (Å²) < 4.78 is 0. The van der Waals surface area contributed by atoms with Crippen molar-refractivity contribution in [2.45, 2.75) is 17.9 Å². The summed E-state index contributed by atoms with van der Waals surface area (Å²) in [4.78, 5) is 12.4. The molecule has 0 aliphatic heterocycles. The van der Waals surface area contributed by atoms with Crippen LogP contribution in [0.1, 0.15) is 12.0 Å². The Balaban J connectivity index is 0.00000225. The summed E-state index contributed by atoms with van der Waals surface area (Å²) >= 11 is 1.71. The number of carbonyl (C=O) groups is 1. The van der Waals surface area contributed by atoms with Crippen LogP contribution in [0.4, 0.5) is 0 Å². The van der Waals surface area contributed by atoms with Gasteiger partial charge in [0, 0.05) is 24.4 Å². The lowest BCUT2D eigenvalue weighted by Crippen LogP contribution is -2.24. The van der Waals surface area contributed by atoms with Crippen molar-refractivity contribution in [3.63, 3.8) is 0 Å². The summed E-state index contributed by atoms with van der Waals surface area (Å²) in [7, 11) is 0. The maximum absolute atomic E-state index is 11.1. The molecule has 0 saturated carbocycles. The predicted molar refractivity (Wildman–Crippen MR) is 71.0 cm³/mol. The van der Waals surface area contributed by atoms with Gasteiger partial charge in [-0.1, -0.05) is 12.1 Å². The van der Waals surface area contributed by atoms with Crippen LogP contribution in [0.25, 0.3) is 0 Å². The van der Waals surface area contributed by atoms with Crippen LogP contribution in [0, 0.1) is 0 Å². The minimum absolute atomic E-state index is 0. The molecule has 0 aliphatic carbocycles. The molecule has 0 aromatic heterocycles. The van der Waals surface area contributed by atoms with E-state index in [1.807, 2.05) is 18.4 Å². The van der Waals surface area contributed by atoms with E-state index in [9.17, 15) is 4.79 Å². The van der Waals surface area contributed by atoms with Crippen LogP contribution in [0.3, 0.4) is 0 Å². The maximum Gasteiger partial charge on any atom is 0.221 e. The first-order valence-electron chi connectivity index (χ1n) is 4.86. The lowest BCUT2D eigenvalue weighted by atomic mass is 10.2. The Hall–Kier alpha value is -0.710. The molecule has 0 radical (unpaired) electrons. The Kier molecular flexibility index (Phi) is 8.07. The van der Waals surface area contributed by atoms with E-state index in [4.69, 9.17) is 5.73 Å². The molecule has 1 aromatic carbocycles. The summed E-state index contributed by atoms with van der Waals surface area (Å²) in [6.07, 6.45) is 2.43. The van der Waals surface area contributed by atoms with Crippen molar-refractivity contribution in [3.05, 3.63) is 29.8 Å². The molecule has 1 amide bonds. The van der Waals surface area contributed by atoms with Crippen LogP contribution < -0.4 is 11.1 Å². The van der Waals surface area contributed by atoms with E-state index >= 15 is 0 Å². The van der Waals surface area contributed by atoms with Crippen LogP contribution in [-0.4, -0.2) is 18.7 Å². The monoisotopic (exact) mass is 260 g/mol. The predicted octanol–water partition coefficient (Wildman–Crippen LogP) is 1.80. The fourth-order valence-electron chi connectivity index (χ4n) is 1.16. The molecule has 5 heteroatoms. The quantitative estimate of drug-likeness (QED) is 0.794. The van der Waals surface area contributed by atoms with Crippen molar-refractivity contribution in [2.24, 2.45) is 5.73 Å². The Morgan fingerprint density at radius 1 is 1.38 bits per heavy atom. The Bertz CT molecular complexity index is 316. The molecular weight excluding hydrogens is 244 g/mol. The second-order valence-electron chi connectivity index (χ2n) is 3.16. The third-order valence-electron chi connectivity index (χ3n) is 2.02. The number of nitrogens with two attached hydrogens (primary N) is 1. The van der Waals surface area contributed by atoms with Gasteiger partial charge < -0.3 is 11.1 Å². The normalized spacial score (nSPS) is 9.38. The highest BCUT2D eigenvalue weighted by atomic mass is 35.5. The molecule has 0 unspecified atom stereocenters. The summed E-state index contributed by atoms with van der Waals surface area (Å²) in [5.74, 6) is 0.00597. The van der Waals surface area contributed by atoms with Gasteiger partial charge in [0.1, 0.15) is 0 Å². The summed E-state index contributed by atoms with van der Waals surface area (Å²) in [6.45, 7) is 0.977. The zero-order valence-electron chi connectivity index (χ0n) is 9.23. The molecule has 0 bridgehead atoms. The van der Waals surface area contributed by atoms with Gasteiger partial charge in [-0.05, 0) is 24.0 Å². The van der Waals surface area contributed by atoms with Gasteiger partial charge in [-0.15, -0.1) is 24.2 Å². The third kappa shape index (κ3) is 5.39. The summed E-state index contributed by atoms with van der Waals surface area (Å²) in [5, 5.41) is 2.81. The molecule has 0 atom stereocenters. The maximum atomic E-state index is 11.1. The SMILES string of the molecule is CSc1ccc(CNC(=O)CCN)cc1.Cl. The number of carbonyl (C=O) groups excluding carboxylic acids is 1. The molecule has 3 nitrogen and oxygen atoms in total. The van der Waals surface area contributed by atoms with Gasteiger partial charge in [0.25, 0.3) is 0 Å². The van der Waals surface area contributed by atoms with E-state index in [0.29, 0.717) is 19.5 Å². The summed E-state index contributed by atoms with van der Waals surface area (Å²) in [6, 6.07) is 8.15. The smallest absolute Gasteiger partial charge is 0.221 e. The van der Waals surface area contributed by atoms with Gasteiger partial charge in [0.05, 0.1) is 0 Å². The largest absolute Gasteiger partial charge is 0.352 e. The number of nitrogens with one attached hydrogen (secondary N) is 1. The topological polar surface area (TPSA) is 55.1 Å². The van der Waals surface area contributed by atoms with Crippen molar-refractivity contribution >= 4 is 30.1 Å². The zero-order chi connectivity index (χ0) is 11.1. The van der Waals surface area contributed by atoms with Crippen LogP contribution in [0.15, 0.2) is 29.2 Å². The average Bonchev–Trinajstić information content (AvgIpc) is 2.27. The van der Waals surface area contributed by atoms with E-state index in [-0.39, 0.29) is 18.3 Å². The fourth-order valence-corrected chi connectivity index (χ4v) is 1.57.